The van der Waals surface area contributed by atoms with E-state index in [-0.39, 0.29) is 18.2 Å². The van der Waals surface area contributed by atoms with Crippen molar-refractivity contribution in [1.82, 2.24) is 15.3 Å². The molecule has 36 heavy (non-hydrogen) atoms. The van der Waals surface area contributed by atoms with E-state index in [9.17, 15) is 9.59 Å². The maximum absolute atomic E-state index is 12.8. The number of hydrazone groups is 1. The Hall–Kier alpha value is -3.72. The van der Waals surface area contributed by atoms with Gasteiger partial charge in [-0.3, -0.25) is 9.59 Å². The summed E-state index contributed by atoms with van der Waals surface area (Å²) in [6, 6.07) is 28.3. The molecule has 0 aliphatic rings. The van der Waals surface area contributed by atoms with Gasteiger partial charge in [0.25, 0.3) is 5.91 Å². The lowest BCUT2D eigenvalue weighted by Crippen LogP contribution is -2.32. The third-order valence-corrected chi connectivity index (χ3v) is 6.60. The van der Waals surface area contributed by atoms with Crippen LogP contribution >= 0.6 is 22.6 Å². The summed E-state index contributed by atoms with van der Waals surface area (Å²) in [4.78, 5) is 25.5. The Morgan fingerprint density at radius 1 is 0.944 bits per heavy atom. The van der Waals surface area contributed by atoms with Crippen molar-refractivity contribution in [1.29, 1.82) is 0 Å². The molecule has 0 unspecified atom stereocenters. The molecule has 0 radical (unpaired) electrons. The molecule has 0 aliphatic carbocycles. The Bertz CT molecular complexity index is 1360. The summed E-state index contributed by atoms with van der Waals surface area (Å²) >= 11 is 2.29. The first-order chi connectivity index (χ1) is 17.4. The molecule has 2 amide bonds. The van der Waals surface area contributed by atoms with Crippen LogP contribution in [0.4, 0.5) is 0 Å². The SMILES string of the molecule is Cc1cc(/C=N\NC(=O)C[C@@H](NC(=O)c2ccccc2)c2ccccc2)c(C)n1-c1ccc(I)cc1. The number of benzene rings is 3. The van der Waals surface area contributed by atoms with Crippen LogP contribution in [0, 0.1) is 17.4 Å². The van der Waals surface area contributed by atoms with E-state index in [4.69, 9.17) is 0 Å². The zero-order chi connectivity index (χ0) is 25.5. The minimum Gasteiger partial charge on any atom is -0.345 e. The van der Waals surface area contributed by atoms with Gasteiger partial charge >= 0.3 is 0 Å². The summed E-state index contributed by atoms with van der Waals surface area (Å²) in [5, 5.41) is 7.17. The van der Waals surface area contributed by atoms with Crippen molar-refractivity contribution in [2.24, 2.45) is 5.10 Å². The molecular weight excluding hydrogens is 563 g/mol. The average Bonchev–Trinajstić information content (AvgIpc) is 3.17. The normalized spacial score (nSPS) is 11.9. The Morgan fingerprint density at radius 2 is 1.58 bits per heavy atom. The third kappa shape index (κ3) is 6.28. The van der Waals surface area contributed by atoms with Crippen molar-refractivity contribution in [2.75, 3.05) is 0 Å². The number of halogens is 1. The fourth-order valence-corrected chi connectivity index (χ4v) is 4.44. The second kappa shape index (κ2) is 11.8. The standard InChI is InChI=1S/C29H27IN4O2/c1-20-17-24(21(2)34(20)26-15-13-25(30)14-16-26)19-31-33-28(35)18-27(22-9-5-3-6-10-22)32-29(36)23-11-7-4-8-12-23/h3-17,19,27H,18H2,1-2H3,(H,32,36)(H,33,35)/b31-19-/t27-/m1/s1. The van der Waals surface area contributed by atoms with Crippen LogP contribution in [0.3, 0.4) is 0 Å². The third-order valence-electron chi connectivity index (χ3n) is 5.88. The Labute approximate surface area is 224 Å². The number of hydrogen-bond acceptors (Lipinski definition) is 3. The first-order valence-corrected chi connectivity index (χ1v) is 12.7. The molecule has 182 valence electrons. The molecule has 4 rings (SSSR count). The summed E-state index contributed by atoms with van der Waals surface area (Å²) in [7, 11) is 0. The van der Waals surface area contributed by atoms with Crippen LogP contribution < -0.4 is 10.7 Å². The Balaban J connectivity index is 1.44. The van der Waals surface area contributed by atoms with Crippen LogP contribution in [0.5, 0.6) is 0 Å². The van der Waals surface area contributed by atoms with Gasteiger partial charge in [-0.25, -0.2) is 5.43 Å². The predicted molar refractivity (Wildman–Crippen MR) is 151 cm³/mol. The van der Waals surface area contributed by atoms with Crippen molar-refractivity contribution in [3.8, 4) is 5.69 Å². The lowest BCUT2D eigenvalue weighted by molar-refractivity contribution is -0.121. The molecule has 2 N–H and O–H groups in total. The van der Waals surface area contributed by atoms with Gasteiger partial charge in [0.15, 0.2) is 0 Å². The van der Waals surface area contributed by atoms with Crippen LogP contribution in [0.25, 0.3) is 5.69 Å². The van der Waals surface area contributed by atoms with Crippen LogP contribution in [0.2, 0.25) is 0 Å². The molecule has 0 fully saturated rings. The van der Waals surface area contributed by atoms with Gasteiger partial charge in [0.1, 0.15) is 0 Å². The molecule has 6 nitrogen and oxygen atoms in total. The van der Waals surface area contributed by atoms with Crippen molar-refractivity contribution in [3.05, 3.63) is 123 Å². The van der Waals surface area contributed by atoms with Gasteiger partial charge in [0.05, 0.1) is 18.7 Å². The molecule has 0 aliphatic heterocycles. The smallest absolute Gasteiger partial charge is 0.251 e. The van der Waals surface area contributed by atoms with E-state index in [2.05, 4.69) is 67.3 Å². The molecular formula is C29H27IN4O2. The number of nitrogens with one attached hydrogen (secondary N) is 2. The van der Waals surface area contributed by atoms with Crippen LogP contribution in [0.1, 0.15) is 45.3 Å². The Morgan fingerprint density at radius 3 is 2.25 bits per heavy atom. The molecule has 0 spiro atoms. The highest BCUT2D eigenvalue weighted by Crippen LogP contribution is 2.21. The van der Waals surface area contributed by atoms with E-state index in [1.54, 1.807) is 18.3 Å². The van der Waals surface area contributed by atoms with Crippen molar-refractivity contribution < 1.29 is 9.59 Å². The number of rotatable bonds is 8. The monoisotopic (exact) mass is 590 g/mol. The highest BCUT2D eigenvalue weighted by Gasteiger charge is 2.19. The summed E-state index contributed by atoms with van der Waals surface area (Å²) < 4.78 is 3.33. The number of amides is 2. The van der Waals surface area contributed by atoms with E-state index in [1.165, 1.54) is 3.57 Å². The highest BCUT2D eigenvalue weighted by atomic mass is 127. The first kappa shape index (κ1) is 25.4. The summed E-state index contributed by atoms with van der Waals surface area (Å²) in [6.07, 6.45) is 1.71. The van der Waals surface area contributed by atoms with E-state index in [0.29, 0.717) is 5.56 Å². The summed E-state index contributed by atoms with van der Waals surface area (Å²) in [5.41, 5.74) is 8.11. The topological polar surface area (TPSA) is 75.5 Å². The summed E-state index contributed by atoms with van der Waals surface area (Å²) in [6.45, 7) is 4.07. The molecule has 3 aromatic carbocycles. The van der Waals surface area contributed by atoms with E-state index in [1.807, 2.05) is 68.4 Å². The largest absolute Gasteiger partial charge is 0.345 e. The number of hydrogen-bond donors (Lipinski definition) is 2. The first-order valence-electron chi connectivity index (χ1n) is 11.6. The lowest BCUT2D eigenvalue weighted by atomic mass is 10.0. The molecule has 4 aromatic rings. The van der Waals surface area contributed by atoms with Gasteiger partial charge in [-0.05, 0) is 84.5 Å². The van der Waals surface area contributed by atoms with Crippen molar-refractivity contribution in [3.63, 3.8) is 0 Å². The minimum atomic E-state index is -0.486. The maximum Gasteiger partial charge on any atom is 0.251 e. The molecule has 1 aromatic heterocycles. The molecule has 1 atom stereocenters. The van der Waals surface area contributed by atoms with Crippen molar-refractivity contribution >= 4 is 40.6 Å². The van der Waals surface area contributed by atoms with Gasteiger partial charge in [-0.2, -0.15) is 5.10 Å². The predicted octanol–water partition coefficient (Wildman–Crippen LogP) is 5.71. The Kier molecular flexibility index (Phi) is 8.32. The van der Waals surface area contributed by atoms with Gasteiger partial charge in [0.2, 0.25) is 5.91 Å². The number of aryl methyl sites for hydroxylation is 1. The van der Waals surface area contributed by atoms with Crippen molar-refractivity contribution in [2.45, 2.75) is 26.3 Å². The zero-order valence-corrected chi connectivity index (χ0v) is 22.3. The fraction of sp³-hybridized carbons (Fsp3) is 0.138. The second-order valence-corrected chi connectivity index (χ2v) is 9.68. The van der Waals surface area contributed by atoms with Gasteiger partial charge in [0, 0.05) is 31.8 Å². The minimum absolute atomic E-state index is 0.0571. The second-order valence-electron chi connectivity index (χ2n) is 8.44. The van der Waals surface area contributed by atoms with E-state index >= 15 is 0 Å². The molecule has 0 saturated carbocycles. The van der Waals surface area contributed by atoms with Crippen LogP contribution in [-0.4, -0.2) is 22.6 Å². The van der Waals surface area contributed by atoms with Crippen LogP contribution in [-0.2, 0) is 4.79 Å². The molecule has 1 heterocycles. The summed E-state index contributed by atoms with van der Waals surface area (Å²) in [5.74, 6) is -0.524. The quantitative estimate of drug-likeness (QED) is 0.157. The number of carbonyl (C=O) groups is 2. The lowest BCUT2D eigenvalue weighted by Gasteiger charge is -2.18. The number of carbonyl (C=O) groups excluding carboxylic acids is 2. The molecule has 0 bridgehead atoms. The van der Waals surface area contributed by atoms with E-state index in [0.717, 1.165) is 28.2 Å². The zero-order valence-electron chi connectivity index (χ0n) is 20.1. The molecule has 7 heteroatoms. The highest BCUT2D eigenvalue weighted by molar-refractivity contribution is 14.1. The maximum atomic E-state index is 12.8. The van der Waals surface area contributed by atoms with Crippen LogP contribution in [0.15, 0.2) is 96.1 Å². The van der Waals surface area contributed by atoms with Gasteiger partial charge in [-0.15, -0.1) is 0 Å². The number of aromatic nitrogens is 1. The number of nitrogens with zero attached hydrogens (tertiary/aromatic N) is 2. The molecule has 0 saturated heterocycles. The van der Waals surface area contributed by atoms with Gasteiger partial charge < -0.3 is 9.88 Å². The fourth-order valence-electron chi connectivity index (χ4n) is 4.08. The average molecular weight is 590 g/mol. The van der Waals surface area contributed by atoms with E-state index < -0.39 is 6.04 Å². The van der Waals surface area contributed by atoms with Gasteiger partial charge in [-0.1, -0.05) is 48.5 Å².